The van der Waals surface area contributed by atoms with Crippen LogP contribution in [0.5, 0.6) is 11.5 Å². The molecule has 21 heavy (non-hydrogen) atoms. The summed E-state index contributed by atoms with van der Waals surface area (Å²) in [6.07, 6.45) is 0. The van der Waals surface area contributed by atoms with E-state index in [-0.39, 0.29) is 12.4 Å². The van der Waals surface area contributed by atoms with E-state index >= 15 is 0 Å². The lowest BCUT2D eigenvalue weighted by Crippen LogP contribution is -2.53. The molecule has 0 saturated heterocycles. The van der Waals surface area contributed by atoms with Crippen molar-refractivity contribution in [2.75, 3.05) is 6.61 Å². The predicted octanol–water partition coefficient (Wildman–Crippen LogP) is 1.25. The van der Waals surface area contributed by atoms with E-state index in [1.165, 1.54) is 12.1 Å². The topological polar surface area (TPSA) is 84.6 Å². The number of phenols is 1. The normalized spacial score (nSPS) is 19.8. The summed E-state index contributed by atoms with van der Waals surface area (Å²) in [5.74, 6) is 0.0781. The summed E-state index contributed by atoms with van der Waals surface area (Å²) in [4.78, 5) is 12.0. The lowest BCUT2D eigenvalue weighted by atomic mass is 9.90. The van der Waals surface area contributed by atoms with Gasteiger partial charge in [0.25, 0.3) is 0 Å². The maximum atomic E-state index is 12.0. The lowest BCUT2D eigenvalue weighted by Gasteiger charge is -2.26. The number of nitrogens with one attached hydrogen (secondary N) is 1. The number of carbonyl (C=O) groups is 1. The van der Waals surface area contributed by atoms with Crippen molar-refractivity contribution in [2.24, 2.45) is 5.73 Å². The highest BCUT2D eigenvalue weighted by atomic mass is 16.5. The van der Waals surface area contributed by atoms with Crippen molar-refractivity contribution in [3.8, 4) is 11.5 Å². The summed E-state index contributed by atoms with van der Waals surface area (Å²) in [7, 11) is 0. The predicted molar refractivity (Wildman–Crippen MR) is 77.8 cm³/mol. The van der Waals surface area contributed by atoms with Crippen molar-refractivity contribution in [1.29, 1.82) is 0 Å². The number of carbonyl (C=O) groups excluding carboxylic acids is 1. The standard InChI is InChI=1S/C16H16N2O3/c17-15(20)16(18-9-11-4-2-1-3-5-11)10-21-14-8-12(19)6-7-13(14)16/h1-8,18-19H,9-10H2,(H2,17,20). The number of fused-ring (bicyclic) bond motifs is 1. The Morgan fingerprint density at radius 3 is 2.76 bits per heavy atom. The zero-order valence-corrected chi connectivity index (χ0v) is 11.4. The van der Waals surface area contributed by atoms with Gasteiger partial charge in [-0.1, -0.05) is 30.3 Å². The second-order valence-electron chi connectivity index (χ2n) is 5.08. The molecule has 3 rings (SSSR count). The van der Waals surface area contributed by atoms with Crippen LogP contribution >= 0.6 is 0 Å². The quantitative estimate of drug-likeness (QED) is 0.789. The summed E-state index contributed by atoms with van der Waals surface area (Å²) in [6, 6.07) is 14.4. The summed E-state index contributed by atoms with van der Waals surface area (Å²) < 4.78 is 5.52. The minimum Gasteiger partial charge on any atom is -0.508 e. The van der Waals surface area contributed by atoms with Gasteiger partial charge in [0.05, 0.1) is 0 Å². The first-order valence-electron chi connectivity index (χ1n) is 6.67. The molecule has 1 atom stereocenters. The van der Waals surface area contributed by atoms with E-state index in [1.807, 2.05) is 30.3 Å². The Labute approximate surface area is 122 Å². The van der Waals surface area contributed by atoms with Crippen LogP contribution in [0.1, 0.15) is 11.1 Å². The molecule has 5 heteroatoms. The van der Waals surface area contributed by atoms with Crippen LogP contribution in [0.15, 0.2) is 48.5 Å². The van der Waals surface area contributed by atoms with Gasteiger partial charge in [-0.05, 0) is 17.7 Å². The third-order valence-corrected chi connectivity index (χ3v) is 3.73. The van der Waals surface area contributed by atoms with E-state index < -0.39 is 11.4 Å². The molecule has 2 aromatic carbocycles. The molecule has 1 aliphatic heterocycles. The number of aromatic hydroxyl groups is 1. The van der Waals surface area contributed by atoms with Gasteiger partial charge in [0.2, 0.25) is 5.91 Å². The number of nitrogens with two attached hydrogens (primary N) is 1. The fourth-order valence-corrected chi connectivity index (χ4v) is 2.53. The van der Waals surface area contributed by atoms with Gasteiger partial charge in [0.15, 0.2) is 5.54 Å². The van der Waals surface area contributed by atoms with Gasteiger partial charge in [0, 0.05) is 18.2 Å². The van der Waals surface area contributed by atoms with Crippen LogP contribution in [-0.4, -0.2) is 17.6 Å². The Morgan fingerprint density at radius 1 is 1.29 bits per heavy atom. The second kappa shape index (κ2) is 5.10. The van der Waals surface area contributed by atoms with Crippen LogP contribution in [0.2, 0.25) is 0 Å². The first-order valence-corrected chi connectivity index (χ1v) is 6.67. The summed E-state index contributed by atoms with van der Waals surface area (Å²) in [6.45, 7) is 0.613. The van der Waals surface area contributed by atoms with Gasteiger partial charge in [-0.25, -0.2) is 0 Å². The fraction of sp³-hybridized carbons (Fsp3) is 0.188. The first-order chi connectivity index (χ1) is 10.1. The van der Waals surface area contributed by atoms with Crippen molar-refractivity contribution >= 4 is 5.91 Å². The zero-order valence-electron chi connectivity index (χ0n) is 11.4. The molecule has 0 radical (unpaired) electrons. The van der Waals surface area contributed by atoms with Crippen LogP contribution in [-0.2, 0) is 16.9 Å². The van der Waals surface area contributed by atoms with Crippen LogP contribution in [0.3, 0.4) is 0 Å². The molecular weight excluding hydrogens is 268 g/mol. The molecule has 0 spiro atoms. The van der Waals surface area contributed by atoms with Crippen molar-refractivity contribution in [2.45, 2.75) is 12.1 Å². The van der Waals surface area contributed by atoms with Crippen molar-refractivity contribution < 1.29 is 14.6 Å². The number of hydrogen-bond acceptors (Lipinski definition) is 4. The van der Waals surface area contributed by atoms with Crippen LogP contribution in [0.4, 0.5) is 0 Å². The lowest BCUT2D eigenvalue weighted by molar-refractivity contribution is -0.125. The number of hydrogen-bond donors (Lipinski definition) is 3. The monoisotopic (exact) mass is 284 g/mol. The molecule has 4 N–H and O–H groups in total. The van der Waals surface area contributed by atoms with Crippen molar-refractivity contribution in [3.05, 3.63) is 59.7 Å². The Balaban J connectivity index is 1.91. The molecule has 0 bridgehead atoms. The number of ether oxygens (including phenoxy) is 1. The molecule has 1 unspecified atom stereocenters. The van der Waals surface area contributed by atoms with Gasteiger partial charge >= 0.3 is 0 Å². The summed E-state index contributed by atoms with van der Waals surface area (Å²) in [5, 5.41) is 12.7. The Kier molecular flexibility index (Phi) is 3.27. The maximum Gasteiger partial charge on any atom is 0.246 e. The van der Waals surface area contributed by atoms with Gasteiger partial charge in [0.1, 0.15) is 18.1 Å². The second-order valence-corrected chi connectivity index (χ2v) is 5.08. The van der Waals surface area contributed by atoms with E-state index in [4.69, 9.17) is 10.5 Å². The van der Waals surface area contributed by atoms with Crippen LogP contribution in [0, 0.1) is 0 Å². The van der Waals surface area contributed by atoms with Crippen LogP contribution in [0.25, 0.3) is 0 Å². The first kappa shape index (κ1) is 13.5. The molecule has 1 amide bonds. The average molecular weight is 284 g/mol. The molecule has 0 aromatic heterocycles. The minimum atomic E-state index is -1.07. The van der Waals surface area contributed by atoms with Gasteiger partial charge in [-0.15, -0.1) is 0 Å². The highest BCUT2D eigenvalue weighted by Crippen LogP contribution is 2.39. The Hall–Kier alpha value is -2.53. The van der Waals surface area contributed by atoms with E-state index in [2.05, 4.69) is 5.32 Å². The number of amides is 1. The SMILES string of the molecule is NC(=O)C1(NCc2ccccc2)COc2cc(O)ccc21. The summed E-state index contributed by atoms with van der Waals surface area (Å²) >= 11 is 0. The number of phenolic OH excluding ortho intramolecular Hbond substituents is 1. The number of benzene rings is 2. The molecule has 2 aromatic rings. The molecular formula is C16H16N2O3. The van der Waals surface area contributed by atoms with E-state index in [1.54, 1.807) is 6.07 Å². The molecule has 5 nitrogen and oxygen atoms in total. The molecule has 1 aliphatic rings. The molecule has 0 saturated carbocycles. The Morgan fingerprint density at radius 2 is 2.05 bits per heavy atom. The third-order valence-electron chi connectivity index (χ3n) is 3.73. The molecule has 108 valence electrons. The molecule has 1 heterocycles. The van der Waals surface area contributed by atoms with Gasteiger partial charge in [-0.2, -0.15) is 0 Å². The van der Waals surface area contributed by atoms with Gasteiger partial charge in [-0.3, -0.25) is 10.1 Å². The molecule has 0 fully saturated rings. The smallest absolute Gasteiger partial charge is 0.246 e. The van der Waals surface area contributed by atoms with Crippen molar-refractivity contribution in [1.82, 2.24) is 5.32 Å². The Bertz CT molecular complexity index is 672. The highest BCUT2D eigenvalue weighted by Gasteiger charge is 2.45. The minimum absolute atomic E-state index is 0.0945. The summed E-state index contributed by atoms with van der Waals surface area (Å²) in [5.41, 5.74) is 6.24. The number of primary amides is 1. The highest BCUT2D eigenvalue weighted by molar-refractivity contribution is 5.88. The van der Waals surface area contributed by atoms with E-state index in [9.17, 15) is 9.90 Å². The number of rotatable bonds is 4. The molecule has 0 aliphatic carbocycles. The van der Waals surface area contributed by atoms with E-state index in [0.717, 1.165) is 5.56 Å². The third kappa shape index (κ3) is 2.32. The average Bonchev–Trinajstić information content (AvgIpc) is 2.85. The fourth-order valence-electron chi connectivity index (χ4n) is 2.53. The van der Waals surface area contributed by atoms with E-state index in [0.29, 0.717) is 17.9 Å². The van der Waals surface area contributed by atoms with Crippen LogP contribution < -0.4 is 15.8 Å². The maximum absolute atomic E-state index is 12.0. The van der Waals surface area contributed by atoms with Crippen molar-refractivity contribution in [3.63, 3.8) is 0 Å². The van der Waals surface area contributed by atoms with Gasteiger partial charge < -0.3 is 15.6 Å². The largest absolute Gasteiger partial charge is 0.508 e. The zero-order chi connectivity index (χ0) is 14.9.